The van der Waals surface area contributed by atoms with E-state index in [1.54, 1.807) is 14.0 Å². The largest absolute Gasteiger partial charge is 0.398 e. The molecule has 19 heavy (non-hydrogen) atoms. The van der Waals surface area contributed by atoms with Gasteiger partial charge in [0, 0.05) is 31.0 Å². The average Bonchev–Trinajstić information content (AvgIpc) is 2.35. The topological polar surface area (TPSA) is 81.4 Å². The molecule has 0 amide bonds. The summed E-state index contributed by atoms with van der Waals surface area (Å²) in [4.78, 5) is 0.0901. The molecule has 0 unspecified atom stereocenters. The molecule has 108 valence electrons. The quantitative estimate of drug-likeness (QED) is 0.596. The molecule has 0 atom stereocenters. The van der Waals surface area contributed by atoms with E-state index in [2.05, 4.69) is 4.72 Å². The SMILES string of the molecule is COCCCCNS(=O)(=O)c1cc(N)c(C)c(Cl)c1. The first-order chi connectivity index (χ1) is 8.88. The fourth-order valence-electron chi connectivity index (χ4n) is 1.49. The lowest BCUT2D eigenvalue weighted by atomic mass is 10.2. The van der Waals surface area contributed by atoms with E-state index in [4.69, 9.17) is 22.1 Å². The monoisotopic (exact) mass is 306 g/mol. The molecule has 7 heteroatoms. The van der Waals surface area contributed by atoms with Crippen LogP contribution >= 0.6 is 11.6 Å². The standard InChI is InChI=1S/C12H19ClN2O3S/c1-9-11(13)7-10(8-12(9)14)19(16,17)15-5-3-4-6-18-2/h7-8,15H,3-6,14H2,1-2H3. The van der Waals surface area contributed by atoms with E-state index in [1.807, 2.05) is 0 Å². The lowest BCUT2D eigenvalue weighted by Crippen LogP contribution is -2.25. The molecule has 0 aliphatic carbocycles. The summed E-state index contributed by atoms with van der Waals surface area (Å²) in [7, 11) is -1.95. The molecule has 0 aliphatic rings. The summed E-state index contributed by atoms with van der Waals surface area (Å²) in [6, 6.07) is 2.82. The van der Waals surface area contributed by atoms with Crippen molar-refractivity contribution < 1.29 is 13.2 Å². The van der Waals surface area contributed by atoms with E-state index in [9.17, 15) is 8.42 Å². The second-order valence-corrected chi connectivity index (χ2v) is 6.39. The van der Waals surface area contributed by atoms with Gasteiger partial charge in [-0.05, 0) is 37.5 Å². The van der Waals surface area contributed by atoms with Crippen LogP contribution in [0.2, 0.25) is 5.02 Å². The van der Waals surface area contributed by atoms with Gasteiger partial charge in [0.25, 0.3) is 0 Å². The minimum absolute atomic E-state index is 0.0901. The van der Waals surface area contributed by atoms with Crippen LogP contribution in [0.1, 0.15) is 18.4 Å². The second kappa shape index (κ2) is 7.09. The normalized spacial score (nSPS) is 11.7. The highest BCUT2D eigenvalue weighted by Gasteiger charge is 2.16. The van der Waals surface area contributed by atoms with Crippen molar-refractivity contribution in [3.05, 3.63) is 22.7 Å². The number of anilines is 1. The molecule has 1 rings (SSSR count). The number of halogens is 1. The van der Waals surface area contributed by atoms with Crippen molar-refractivity contribution in [2.45, 2.75) is 24.7 Å². The fourth-order valence-corrected chi connectivity index (χ4v) is 2.92. The van der Waals surface area contributed by atoms with E-state index in [-0.39, 0.29) is 4.90 Å². The van der Waals surface area contributed by atoms with Gasteiger partial charge in [0.1, 0.15) is 0 Å². The van der Waals surface area contributed by atoms with E-state index >= 15 is 0 Å². The summed E-state index contributed by atoms with van der Waals surface area (Å²) >= 11 is 5.94. The maximum atomic E-state index is 12.0. The molecule has 0 fully saturated rings. The third-order valence-corrected chi connectivity index (χ3v) is 4.57. The van der Waals surface area contributed by atoms with Crippen LogP contribution < -0.4 is 10.5 Å². The van der Waals surface area contributed by atoms with Crippen molar-refractivity contribution in [2.75, 3.05) is 26.0 Å². The van der Waals surface area contributed by atoms with Crippen LogP contribution in [0.15, 0.2) is 17.0 Å². The highest BCUT2D eigenvalue weighted by Crippen LogP contribution is 2.25. The van der Waals surface area contributed by atoms with Crippen molar-refractivity contribution in [3.8, 4) is 0 Å². The Morgan fingerprint density at radius 2 is 2.05 bits per heavy atom. The Hall–Kier alpha value is -0.820. The van der Waals surface area contributed by atoms with Crippen LogP contribution in [0.3, 0.4) is 0 Å². The second-order valence-electron chi connectivity index (χ2n) is 4.22. The van der Waals surface area contributed by atoms with Gasteiger partial charge in [0.15, 0.2) is 0 Å². The zero-order chi connectivity index (χ0) is 14.5. The van der Waals surface area contributed by atoms with Gasteiger partial charge in [0.05, 0.1) is 4.90 Å². The molecule has 0 spiro atoms. The zero-order valence-electron chi connectivity index (χ0n) is 11.1. The van der Waals surface area contributed by atoms with Gasteiger partial charge in [-0.25, -0.2) is 13.1 Å². The molecular weight excluding hydrogens is 288 g/mol. The minimum Gasteiger partial charge on any atom is -0.398 e. The van der Waals surface area contributed by atoms with E-state index in [0.717, 1.165) is 6.42 Å². The summed E-state index contributed by atoms with van der Waals surface area (Å²) in [5, 5.41) is 0.347. The summed E-state index contributed by atoms with van der Waals surface area (Å²) in [5.74, 6) is 0. The Morgan fingerprint density at radius 1 is 1.37 bits per heavy atom. The third-order valence-electron chi connectivity index (χ3n) is 2.74. The maximum absolute atomic E-state index is 12.0. The summed E-state index contributed by atoms with van der Waals surface area (Å²) < 4.78 is 31.5. The van der Waals surface area contributed by atoms with Crippen LogP contribution in [0.4, 0.5) is 5.69 Å². The first-order valence-electron chi connectivity index (χ1n) is 5.92. The Kier molecular flexibility index (Phi) is 6.06. The predicted octanol–water partition coefficient (Wildman–Crippen LogP) is 1.94. The Morgan fingerprint density at radius 3 is 2.63 bits per heavy atom. The van der Waals surface area contributed by atoms with Crippen molar-refractivity contribution in [2.24, 2.45) is 0 Å². The zero-order valence-corrected chi connectivity index (χ0v) is 12.6. The number of benzene rings is 1. The first kappa shape index (κ1) is 16.2. The summed E-state index contributed by atoms with van der Waals surface area (Å²) in [6.07, 6.45) is 1.51. The van der Waals surface area contributed by atoms with Crippen molar-refractivity contribution in [1.82, 2.24) is 4.72 Å². The summed E-state index contributed by atoms with van der Waals surface area (Å²) in [6.45, 7) is 2.72. The number of unbranched alkanes of at least 4 members (excludes halogenated alkanes) is 1. The molecule has 1 aromatic rings. The van der Waals surface area contributed by atoms with Gasteiger partial charge in [-0.1, -0.05) is 11.6 Å². The van der Waals surface area contributed by atoms with Crippen LogP contribution in [0.25, 0.3) is 0 Å². The third kappa shape index (κ3) is 4.65. The van der Waals surface area contributed by atoms with Crippen LogP contribution in [0.5, 0.6) is 0 Å². The van der Waals surface area contributed by atoms with Gasteiger partial charge >= 0.3 is 0 Å². The predicted molar refractivity (Wildman–Crippen MR) is 76.9 cm³/mol. The number of sulfonamides is 1. The Labute approximate surface area is 119 Å². The molecule has 0 bridgehead atoms. The van der Waals surface area contributed by atoms with Crippen molar-refractivity contribution >= 4 is 27.3 Å². The molecule has 0 heterocycles. The number of hydrogen-bond acceptors (Lipinski definition) is 4. The number of rotatable bonds is 7. The Balaban J connectivity index is 2.72. The number of nitrogens with two attached hydrogens (primary N) is 1. The van der Waals surface area contributed by atoms with Crippen LogP contribution in [-0.4, -0.2) is 28.7 Å². The molecule has 0 aromatic heterocycles. The lowest BCUT2D eigenvalue weighted by Gasteiger charge is -2.10. The smallest absolute Gasteiger partial charge is 0.240 e. The van der Waals surface area contributed by atoms with E-state index in [0.29, 0.717) is 35.8 Å². The van der Waals surface area contributed by atoms with Gasteiger partial charge in [-0.3, -0.25) is 0 Å². The molecule has 0 saturated heterocycles. The molecular formula is C12H19ClN2O3S. The van der Waals surface area contributed by atoms with Crippen LogP contribution in [-0.2, 0) is 14.8 Å². The van der Waals surface area contributed by atoms with E-state index < -0.39 is 10.0 Å². The number of nitrogens with one attached hydrogen (secondary N) is 1. The maximum Gasteiger partial charge on any atom is 0.240 e. The number of nitrogen functional groups attached to an aromatic ring is 1. The molecule has 0 saturated carbocycles. The van der Waals surface area contributed by atoms with Gasteiger partial charge < -0.3 is 10.5 Å². The molecule has 5 nitrogen and oxygen atoms in total. The van der Waals surface area contributed by atoms with Crippen molar-refractivity contribution in [1.29, 1.82) is 0 Å². The van der Waals surface area contributed by atoms with Crippen molar-refractivity contribution in [3.63, 3.8) is 0 Å². The number of ether oxygens (including phenoxy) is 1. The minimum atomic E-state index is -3.56. The van der Waals surface area contributed by atoms with Gasteiger partial charge in [-0.2, -0.15) is 0 Å². The lowest BCUT2D eigenvalue weighted by molar-refractivity contribution is 0.193. The average molecular weight is 307 g/mol. The molecule has 3 N–H and O–H groups in total. The van der Waals surface area contributed by atoms with Gasteiger partial charge in [0.2, 0.25) is 10.0 Å². The summed E-state index contributed by atoms with van der Waals surface area (Å²) in [5.41, 5.74) is 6.77. The van der Waals surface area contributed by atoms with E-state index in [1.165, 1.54) is 12.1 Å². The molecule has 0 radical (unpaired) electrons. The first-order valence-corrected chi connectivity index (χ1v) is 7.79. The highest BCUT2D eigenvalue weighted by molar-refractivity contribution is 7.89. The highest BCUT2D eigenvalue weighted by atomic mass is 35.5. The van der Waals surface area contributed by atoms with Gasteiger partial charge in [-0.15, -0.1) is 0 Å². The molecule has 0 aliphatic heterocycles. The van der Waals surface area contributed by atoms with Crippen LogP contribution in [0, 0.1) is 6.92 Å². The fraction of sp³-hybridized carbons (Fsp3) is 0.500. The Bertz CT molecular complexity index is 509. The molecule has 1 aromatic carbocycles. The number of hydrogen-bond donors (Lipinski definition) is 2. The number of methoxy groups -OCH3 is 1.